The van der Waals surface area contributed by atoms with Gasteiger partial charge >= 0.3 is 0 Å². The largest absolute Gasteiger partial charge is 0.454 e. The zero-order valence-corrected chi connectivity index (χ0v) is 19.1. The molecule has 0 saturated carbocycles. The van der Waals surface area contributed by atoms with Crippen molar-refractivity contribution < 1.29 is 14.3 Å². The fourth-order valence-electron chi connectivity index (χ4n) is 3.21. The number of fused-ring (bicyclic) bond motifs is 2. The number of carbonyl (C=O) groups excluding carboxylic acids is 1. The van der Waals surface area contributed by atoms with Gasteiger partial charge in [0.2, 0.25) is 12.7 Å². The van der Waals surface area contributed by atoms with Crippen molar-refractivity contribution in [1.29, 1.82) is 0 Å². The van der Waals surface area contributed by atoms with Crippen molar-refractivity contribution in [3.63, 3.8) is 0 Å². The molecule has 10 heteroatoms. The fourth-order valence-corrected chi connectivity index (χ4v) is 3.77. The molecule has 1 aliphatic heterocycles. The third-order valence-corrected chi connectivity index (χ3v) is 5.35. The number of carbonyl (C=O) groups is 1. The first-order valence-corrected chi connectivity index (χ1v) is 11.5. The standard InChI is InChI=1S/C22H26N6O3S/c1-4-32-22-26-20(25-14(2)3)16-12-24-28(21(16)27-22)10-9-23-19(29)8-6-15-5-7-17-18(11-15)31-13-30-17/h5-8,11-12,14H,4,9-10,13H2,1-3H3,(H,23,29)(H,25,26,27)/b8-6-. The van der Waals surface area contributed by atoms with Crippen LogP contribution in [-0.2, 0) is 11.3 Å². The Morgan fingerprint density at radius 2 is 2.12 bits per heavy atom. The first kappa shape index (κ1) is 21.9. The minimum atomic E-state index is -0.182. The Bertz CT molecular complexity index is 1140. The minimum absolute atomic E-state index is 0.182. The predicted molar refractivity (Wildman–Crippen MR) is 125 cm³/mol. The van der Waals surface area contributed by atoms with E-state index >= 15 is 0 Å². The fraction of sp³-hybridized carbons (Fsp3) is 0.364. The highest BCUT2D eigenvalue weighted by molar-refractivity contribution is 7.99. The number of aromatic nitrogens is 4. The summed E-state index contributed by atoms with van der Waals surface area (Å²) in [4.78, 5) is 21.5. The molecule has 0 fully saturated rings. The summed E-state index contributed by atoms with van der Waals surface area (Å²) in [6, 6.07) is 5.79. The third kappa shape index (κ3) is 5.13. The number of thioether (sulfide) groups is 1. The second-order valence-electron chi connectivity index (χ2n) is 7.43. The lowest BCUT2D eigenvalue weighted by molar-refractivity contribution is -0.116. The van der Waals surface area contributed by atoms with Crippen LogP contribution in [0.15, 0.2) is 35.6 Å². The smallest absolute Gasteiger partial charge is 0.244 e. The molecule has 4 rings (SSSR count). The summed E-state index contributed by atoms with van der Waals surface area (Å²) in [5, 5.41) is 12.3. The SMILES string of the molecule is CCSc1nc(NC(C)C)c2cnn(CCNC(=O)/C=C\c3ccc4c(c3)OCO4)c2n1. The van der Waals surface area contributed by atoms with Crippen LogP contribution in [0.25, 0.3) is 17.1 Å². The number of hydrogen-bond acceptors (Lipinski definition) is 8. The molecule has 0 spiro atoms. The van der Waals surface area contributed by atoms with E-state index in [4.69, 9.17) is 9.47 Å². The van der Waals surface area contributed by atoms with Gasteiger partial charge in [-0.2, -0.15) is 5.10 Å². The number of nitrogens with zero attached hydrogens (tertiary/aromatic N) is 4. The Balaban J connectivity index is 1.39. The summed E-state index contributed by atoms with van der Waals surface area (Å²) < 4.78 is 12.5. The maximum absolute atomic E-state index is 12.2. The number of anilines is 1. The van der Waals surface area contributed by atoms with Gasteiger partial charge in [0.05, 0.1) is 18.1 Å². The molecule has 3 aromatic rings. The van der Waals surface area contributed by atoms with Crippen LogP contribution in [0.2, 0.25) is 0 Å². The number of rotatable bonds is 9. The van der Waals surface area contributed by atoms with Gasteiger partial charge in [-0.25, -0.2) is 14.6 Å². The van der Waals surface area contributed by atoms with Crippen LogP contribution in [0.4, 0.5) is 5.82 Å². The summed E-state index contributed by atoms with van der Waals surface area (Å²) in [5.41, 5.74) is 1.62. The minimum Gasteiger partial charge on any atom is -0.454 e. The van der Waals surface area contributed by atoms with Gasteiger partial charge in [-0.3, -0.25) is 4.79 Å². The monoisotopic (exact) mass is 454 g/mol. The third-order valence-electron chi connectivity index (χ3n) is 4.62. The zero-order chi connectivity index (χ0) is 22.5. The Morgan fingerprint density at radius 3 is 2.94 bits per heavy atom. The van der Waals surface area contributed by atoms with E-state index in [0.29, 0.717) is 29.7 Å². The molecule has 3 heterocycles. The predicted octanol–water partition coefficient (Wildman–Crippen LogP) is 3.32. The van der Waals surface area contributed by atoms with Crippen molar-refractivity contribution in [3.05, 3.63) is 36.0 Å². The number of benzene rings is 1. The van der Waals surface area contributed by atoms with Crippen LogP contribution >= 0.6 is 11.8 Å². The van der Waals surface area contributed by atoms with Crippen LogP contribution in [0.5, 0.6) is 11.5 Å². The van der Waals surface area contributed by atoms with Crippen molar-refractivity contribution in [1.82, 2.24) is 25.1 Å². The molecule has 9 nitrogen and oxygen atoms in total. The molecule has 1 aromatic carbocycles. The van der Waals surface area contributed by atoms with Crippen molar-refractivity contribution in [2.24, 2.45) is 0 Å². The maximum Gasteiger partial charge on any atom is 0.244 e. The van der Waals surface area contributed by atoms with Gasteiger partial charge < -0.3 is 20.1 Å². The first-order valence-electron chi connectivity index (χ1n) is 10.5. The van der Waals surface area contributed by atoms with E-state index in [-0.39, 0.29) is 18.7 Å². The van der Waals surface area contributed by atoms with Crippen molar-refractivity contribution in [2.75, 3.05) is 24.4 Å². The molecule has 1 amide bonds. The van der Waals surface area contributed by atoms with Gasteiger partial charge in [0, 0.05) is 18.7 Å². The average Bonchev–Trinajstić information content (AvgIpc) is 3.39. The molecule has 2 N–H and O–H groups in total. The van der Waals surface area contributed by atoms with Crippen molar-refractivity contribution >= 4 is 40.6 Å². The lowest BCUT2D eigenvalue weighted by atomic mass is 10.2. The molecule has 1 aliphatic rings. The summed E-state index contributed by atoms with van der Waals surface area (Å²) in [7, 11) is 0. The van der Waals surface area contributed by atoms with E-state index in [9.17, 15) is 4.79 Å². The lowest BCUT2D eigenvalue weighted by Gasteiger charge is -2.11. The van der Waals surface area contributed by atoms with E-state index in [1.807, 2.05) is 18.2 Å². The van der Waals surface area contributed by atoms with Gasteiger partial charge in [0.15, 0.2) is 22.3 Å². The van der Waals surface area contributed by atoms with Crippen LogP contribution in [-0.4, -0.2) is 50.8 Å². The highest BCUT2D eigenvalue weighted by atomic mass is 32.2. The number of hydrogen-bond donors (Lipinski definition) is 2. The summed E-state index contributed by atoms with van der Waals surface area (Å²) >= 11 is 1.59. The summed E-state index contributed by atoms with van der Waals surface area (Å²) in [5.74, 6) is 2.88. The highest BCUT2D eigenvalue weighted by Gasteiger charge is 2.14. The molecule has 0 atom stereocenters. The van der Waals surface area contributed by atoms with Crippen LogP contribution in [0.3, 0.4) is 0 Å². The quantitative estimate of drug-likeness (QED) is 0.288. The van der Waals surface area contributed by atoms with Crippen molar-refractivity contribution in [2.45, 2.75) is 38.5 Å². The Morgan fingerprint density at radius 1 is 1.28 bits per heavy atom. The molecular formula is C22H26N6O3S. The Labute approximate surface area is 190 Å². The first-order chi connectivity index (χ1) is 15.5. The average molecular weight is 455 g/mol. The molecular weight excluding hydrogens is 428 g/mol. The van der Waals surface area contributed by atoms with Gasteiger partial charge in [-0.05, 0) is 43.4 Å². The molecule has 168 valence electrons. The van der Waals surface area contributed by atoms with Crippen LogP contribution in [0.1, 0.15) is 26.3 Å². The van der Waals surface area contributed by atoms with Crippen LogP contribution < -0.4 is 20.1 Å². The maximum atomic E-state index is 12.2. The second kappa shape index (κ2) is 9.90. The molecule has 32 heavy (non-hydrogen) atoms. The van der Waals surface area contributed by atoms with Gasteiger partial charge in [-0.1, -0.05) is 24.8 Å². The molecule has 0 aliphatic carbocycles. The topological polar surface area (TPSA) is 103 Å². The number of ether oxygens (including phenoxy) is 2. The molecule has 2 aromatic heterocycles. The van der Waals surface area contributed by atoms with Gasteiger partial charge in [0.1, 0.15) is 5.82 Å². The summed E-state index contributed by atoms with van der Waals surface area (Å²) in [6.07, 6.45) is 5.01. The van der Waals surface area contributed by atoms with Gasteiger partial charge in [-0.15, -0.1) is 0 Å². The number of nitrogens with one attached hydrogen (secondary N) is 2. The van der Waals surface area contributed by atoms with Crippen LogP contribution in [0, 0.1) is 0 Å². The highest BCUT2D eigenvalue weighted by Crippen LogP contribution is 2.32. The van der Waals surface area contributed by atoms with E-state index < -0.39 is 0 Å². The van der Waals surface area contributed by atoms with E-state index in [1.54, 1.807) is 28.7 Å². The van der Waals surface area contributed by atoms with E-state index in [1.165, 1.54) is 6.08 Å². The van der Waals surface area contributed by atoms with E-state index in [2.05, 4.69) is 46.5 Å². The molecule has 0 unspecified atom stereocenters. The Hall–Kier alpha value is -3.27. The summed E-state index contributed by atoms with van der Waals surface area (Å²) in [6.45, 7) is 7.35. The molecule has 0 radical (unpaired) electrons. The number of amides is 1. The van der Waals surface area contributed by atoms with E-state index in [0.717, 1.165) is 28.2 Å². The zero-order valence-electron chi connectivity index (χ0n) is 18.3. The Kier molecular flexibility index (Phi) is 6.79. The molecule has 0 bridgehead atoms. The lowest BCUT2D eigenvalue weighted by Crippen LogP contribution is -2.25. The molecule has 0 saturated heterocycles. The van der Waals surface area contributed by atoms with Crippen molar-refractivity contribution in [3.8, 4) is 11.5 Å². The normalized spacial score (nSPS) is 12.8. The second-order valence-corrected chi connectivity index (χ2v) is 8.66. The van der Waals surface area contributed by atoms with Gasteiger partial charge in [0.25, 0.3) is 0 Å².